The molecule has 2 atom stereocenters. The van der Waals surface area contributed by atoms with Gasteiger partial charge in [0.25, 0.3) is 0 Å². The number of fused-ring (bicyclic) bond motifs is 1. The molecule has 2 aromatic carbocycles. The predicted molar refractivity (Wildman–Crippen MR) is 120 cm³/mol. The highest BCUT2D eigenvalue weighted by Crippen LogP contribution is 2.34. The van der Waals surface area contributed by atoms with Crippen molar-refractivity contribution < 1.29 is 14.7 Å². The molecule has 0 bridgehead atoms. The second-order valence-electron chi connectivity index (χ2n) is 7.92. The largest absolute Gasteiger partial charge is 0.465 e. The summed E-state index contributed by atoms with van der Waals surface area (Å²) in [5.41, 5.74) is 2.93. The van der Waals surface area contributed by atoms with Crippen LogP contribution in [0.5, 0.6) is 0 Å². The molecule has 0 aliphatic carbocycles. The number of benzene rings is 2. The smallest absolute Gasteiger partial charge is 0.407 e. The first-order chi connectivity index (χ1) is 15.6. The molecule has 0 spiro atoms. The molecular formula is C24H21N5O3. The van der Waals surface area contributed by atoms with Crippen molar-refractivity contribution in [1.29, 1.82) is 0 Å². The minimum Gasteiger partial charge on any atom is -0.465 e. The van der Waals surface area contributed by atoms with Crippen molar-refractivity contribution in [2.24, 2.45) is 5.92 Å². The number of H-pyrrole nitrogens is 1. The summed E-state index contributed by atoms with van der Waals surface area (Å²) in [7, 11) is 0. The number of aromatic amines is 1. The molecule has 4 aromatic rings. The lowest BCUT2D eigenvalue weighted by molar-refractivity contribution is -0.119. The topological polar surface area (TPSA) is 111 Å². The molecule has 1 aliphatic heterocycles. The third kappa shape index (κ3) is 3.78. The number of hydrogen-bond donors (Lipinski definition) is 3. The molecule has 0 saturated carbocycles. The SMILES string of the molecule is O=C(Nc1cc2cc(-c3cn[nH]c3)ccc2cn1)[C@H]1CN(C(=O)O)C[C@@H]1c1ccccc1. The standard InChI is InChI=1S/C24H21N5O3/c30-23(21-14-29(24(31)32)13-20(21)15-4-2-1-3-5-15)28-22-9-18-8-16(19-11-26-27-12-19)6-7-17(18)10-25-22/h1-12,20-21H,13-14H2,(H,26,27)(H,31,32)(H,25,28,30)/t20-,21+/m1/s1. The molecule has 0 unspecified atom stereocenters. The van der Waals surface area contributed by atoms with Crippen LogP contribution in [0.2, 0.25) is 0 Å². The molecule has 2 amide bonds. The number of pyridine rings is 1. The summed E-state index contributed by atoms with van der Waals surface area (Å²) in [4.78, 5) is 30.4. The number of likely N-dealkylation sites (tertiary alicyclic amines) is 1. The zero-order chi connectivity index (χ0) is 22.1. The molecule has 1 fully saturated rings. The van der Waals surface area contributed by atoms with Crippen LogP contribution in [0, 0.1) is 5.92 Å². The molecule has 32 heavy (non-hydrogen) atoms. The van der Waals surface area contributed by atoms with Gasteiger partial charge in [0.05, 0.1) is 12.1 Å². The van der Waals surface area contributed by atoms with E-state index in [4.69, 9.17) is 0 Å². The van der Waals surface area contributed by atoms with Gasteiger partial charge in [0, 0.05) is 42.4 Å². The quantitative estimate of drug-likeness (QED) is 0.457. The van der Waals surface area contributed by atoms with E-state index in [1.54, 1.807) is 12.4 Å². The van der Waals surface area contributed by atoms with E-state index in [1.807, 2.05) is 60.8 Å². The number of carboxylic acid groups (broad SMARTS) is 1. The minimum atomic E-state index is -1.02. The number of rotatable bonds is 4. The van der Waals surface area contributed by atoms with Gasteiger partial charge >= 0.3 is 6.09 Å². The van der Waals surface area contributed by atoms with Gasteiger partial charge < -0.3 is 15.3 Å². The summed E-state index contributed by atoms with van der Waals surface area (Å²) in [5.74, 6) is -0.503. The molecule has 1 saturated heterocycles. The first kappa shape index (κ1) is 19.7. The summed E-state index contributed by atoms with van der Waals surface area (Å²) >= 11 is 0. The Morgan fingerprint density at radius 3 is 2.59 bits per heavy atom. The first-order valence-corrected chi connectivity index (χ1v) is 10.3. The van der Waals surface area contributed by atoms with Crippen molar-refractivity contribution in [2.45, 2.75) is 5.92 Å². The number of carbonyl (C=O) groups is 2. The first-order valence-electron chi connectivity index (χ1n) is 10.3. The molecule has 3 heterocycles. The summed E-state index contributed by atoms with van der Waals surface area (Å²) in [6.07, 6.45) is 4.28. The third-order valence-corrected chi connectivity index (χ3v) is 5.96. The molecule has 5 rings (SSSR count). The van der Waals surface area contributed by atoms with E-state index in [2.05, 4.69) is 20.5 Å². The number of nitrogens with zero attached hydrogens (tertiary/aromatic N) is 3. The minimum absolute atomic E-state index is 0.152. The van der Waals surface area contributed by atoms with Crippen LogP contribution in [0.4, 0.5) is 10.6 Å². The van der Waals surface area contributed by atoms with Crippen LogP contribution in [-0.2, 0) is 4.79 Å². The maximum Gasteiger partial charge on any atom is 0.407 e. The fourth-order valence-corrected chi connectivity index (χ4v) is 4.28. The van der Waals surface area contributed by atoms with Gasteiger partial charge in [-0.3, -0.25) is 9.89 Å². The Bertz CT molecular complexity index is 1270. The molecule has 0 radical (unpaired) electrons. The second kappa shape index (κ2) is 8.14. The molecular weight excluding hydrogens is 406 g/mol. The van der Waals surface area contributed by atoms with Gasteiger partial charge in [-0.1, -0.05) is 42.5 Å². The van der Waals surface area contributed by atoms with E-state index in [9.17, 15) is 14.7 Å². The van der Waals surface area contributed by atoms with E-state index in [-0.39, 0.29) is 24.9 Å². The Morgan fingerprint density at radius 1 is 1.00 bits per heavy atom. The van der Waals surface area contributed by atoms with Gasteiger partial charge in [-0.05, 0) is 28.6 Å². The predicted octanol–water partition coefficient (Wildman–Crippen LogP) is 3.96. The normalized spacial score (nSPS) is 18.1. The van der Waals surface area contributed by atoms with Crippen molar-refractivity contribution >= 4 is 28.6 Å². The van der Waals surface area contributed by atoms with Crippen LogP contribution in [0.15, 0.2) is 73.2 Å². The Hall–Kier alpha value is -4.20. The Morgan fingerprint density at radius 2 is 1.84 bits per heavy atom. The molecule has 8 heteroatoms. The average Bonchev–Trinajstić information content (AvgIpc) is 3.50. The zero-order valence-corrected chi connectivity index (χ0v) is 17.1. The highest BCUT2D eigenvalue weighted by Gasteiger charge is 2.40. The van der Waals surface area contributed by atoms with Crippen LogP contribution in [0.25, 0.3) is 21.9 Å². The van der Waals surface area contributed by atoms with Crippen molar-refractivity contribution in [3.05, 3.63) is 78.8 Å². The van der Waals surface area contributed by atoms with Gasteiger partial charge in [-0.25, -0.2) is 9.78 Å². The van der Waals surface area contributed by atoms with Crippen LogP contribution < -0.4 is 5.32 Å². The summed E-state index contributed by atoms with van der Waals surface area (Å²) < 4.78 is 0. The van der Waals surface area contributed by atoms with Gasteiger partial charge in [0.15, 0.2) is 0 Å². The van der Waals surface area contributed by atoms with Crippen molar-refractivity contribution in [2.75, 3.05) is 18.4 Å². The Balaban J connectivity index is 1.41. The summed E-state index contributed by atoms with van der Waals surface area (Å²) in [5, 5.41) is 21.1. The number of aromatic nitrogens is 3. The lowest BCUT2D eigenvalue weighted by Crippen LogP contribution is -2.30. The Kier molecular flexibility index (Phi) is 5.03. The lowest BCUT2D eigenvalue weighted by atomic mass is 9.88. The number of anilines is 1. The fourth-order valence-electron chi connectivity index (χ4n) is 4.28. The molecule has 1 aliphatic rings. The molecule has 3 N–H and O–H groups in total. The van der Waals surface area contributed by atoms with Gasteiger partial charge in [0.2, 0.25) is 5.91 Å². The van der Waals surface area contributed by atoms with Gasteiger partial charge in [-0.15, -0.1) is 0 Å². The van der Waals surface area contributed by atoms with Crippen LogP contribution in [0.1, 0.15) is 11.5 Å². The lowest BCUT2D eigenvalue weighted by Gasteiger charge is -2.18. The highest BCUT2D eigenvalue weighted by molar-refractivity contribution is 5.96. The highest BCUT2D eigenvalue weighted by atomic mass is 16.4. The molecule has 2 aromatic heterocycles. The van der Waals surface area contributed by atoms with Crippen molar-refractivity contribution in [3.63, 3.8) is 0 Å². The van der Waals surface area contributed by atoms with E-state index >= 15 is 0 Å². The van der Waals surface area contributed by atoms with Gasteiger partial charge in [-0.2, -0.15) is 5.10 Å². The van der Waals surface area contributed by atoms with Crippen LogP contribution in [-0.4, -0.2) is 50.3 Å². The maximum atomic E-state index is 13.2. The van der Waals surface area contributed by atoms with Crippen LogP contribution in [0.3, 0.4) is 0 Å². The van der Waals surface area contributed by atoms with Crippen molar-refractivity contribution in [3.8, 4) is 11.1 Å². The van der Waals surface area contributed by atoms with Crippen molar-refractivity contribution in [1.82, 2.24) is 20.1 Å². The number of amides is 2. The van der Waals surface area contributed by atoms with E-state index in [1.165, 1.54) is 4.90 Å². The Labute approximate surface area is 183 Å². The zero-order valence-electron chi connectivity index (χ0n) is 17.1. The third-order valence-electron chi connectivity index (χ3n) is 5.96. The molecule has 160 valence electrons. The molecule has 8 nitrogen and oxygen atoms in total. The van der Waals surface area contributed by atoms with Gasteiger partial charge in [0.1, 0.15) is 5.82 Å². The number of hydrogen-bond acceptors (Lipinski definition) is 4. The van der Waals surface area contributed by atoms with E-state index < -0.39 is 12.0 Å². The summed E-state index contributed by atoms with van der Waals surface area (Å²) in [6.45, 7) is 0.440. The van der Waals surface area contributed by atoms with E-state index in [0.29, 0.717) is 5.82 Å². The number of nitrogens with one attached hydrogen (secondary N) is 2. The fraction of sp³-hybridized carbons (Fsp3) is 0.167. The number of carbonyl (C=O) groups excluding carboxylic acids is 1. The second-order valence-corrected chi connectivity index (χ2v) is 7.92. The monoisotopic (exact) mass is 427 g/mol. The van der Waals surface area contributed by atoms with E-state index in [0.717, 1.165) is 27.5 Å². The average molecular weight is 427 g/mol. The maximum absolute atomic E-state index is 13.2. The summed E-state index contributed by atoms with van der Waals surface area (Å²) in [6, 6.07) is 17.4. The van der Waals surface area contributed by atoms with Crippen LogP contribution >= 0.6 is 0 Å².